The molecule has 8 heteroatoms. The highest BCUT2D eigenvalue weighted by atomic mass is 32.1. The van der Waals surface area contributed by atoms with Crippen LogP contribution in [0.4, 0.5) is 19.0 Å². The van der Waals surface area contributed by atoms with Gasteiger partial charge in [0.1, 0.15) is 22.3 Å². The van der Waals surface area contributed by atoms with Gasteiger partial charge in [0.2, 0.25) is 0 Å². The van der Waals surface area contributed by atoms with Gasteiger partial charge in [0.25, 0.3) is 0 Å². The van der Waals surface area contributed by atoms with Crippen LogP contribution in [0, 0.1) is 17.5 Å². The Kier molecular flexibility index (Phi) is 3.03. The third-order valence-electron chi connectivity index (χ3n) is 2.69. The molecule has 0 unspecified atom stereocenters. The number of nitrogens with two attached hydrogens (primary N) is 1. The van der Waals surface area contributed by atoms with E-state index in [9.17, 15) is 13.2 Å². The van der Waals surface area contributed by atoms with Crippen LogP contribution in [0.2, 0.25) is 0 Å². The van der Waals surface area contributed by atoms with Crippen LogP contribution in [0.15, 0.2) is 23.6 Å². The molecular formula is C12H7F3N4S. The Bertz CT molecular complexity index is 779. The standard InChI is InChI=1S/C12H7F3N4S/c13-5-3-7(14)9(8(15)4-5)11-17-10(19-16)6-1-2-20-12(6)18-11/h1-4H,16H2,(H,17,18,19). The first-order valence-corrected chi connectivity index (χ1v) is 6.35. The monoisotopic (exact) mass is 296 g/mol. The molecular weight excluding hydrogens is 289 g/mol. The van der Waals surface area contributed by atoms with Crippen LogP contribution in [0.25, 0.3) is 21.6 Å². The summed E-state index contributed by atoms with van der Waals surface area (Å²) < 4.78 is 40.4. The molecule has 0 spiro atoms. The normalized spacial score (nSPS) is 11.0. The van der Waals surface area contributed by atoms with Gasteiger partial charge in [0.15, 0.2) is 11.6 Å². The number of hydrogen-bond donors (Lipinski definition) is 2. The number of anilines is 1. The van der Waals surface area contributed by atoms with E-state index in [1.807, 2.05) is 0 Å². The number of nitrogens with zero attached hydrogens (tertiary/aromatic N) is 2. The Hall–Kier alpha value is -2.19. The van der Waals surface area contributed by atoms with E-state index in [-0.39, 0.29) is 11.6 Å². The van der Waals surface area contributed by atoms with Crippen LogP contribution in [-0.4, -0.2) is 9.97 Å². The third kappa shape index (κ3) is 1.98. The Morgan fingerprint density at radius 2 is 1.80 bits per heavy atom. The smallest absolute Gasteiger partial charge is 0.169 e. The highest BCUT2D eigenvalue weighted by molar-refractivity contribution is 7.16. The van der Waals surface area contributed by atoms with E-state index in [1.165, 1.54) is 11.3 Å². The average molecular weight is 296 g/mol. The summed E-state index contributed by atoms with van der Waals surface area (Å²) in [5, 5.41) is 2.39. The number of rotatable bonds is 2. The zero-order valence-electron chi connectivity index (χ0n) is 9.82. The molecule has 2 heterocycles. The Morgan fingerprint density at radius 1 is 1.10 bits per heavy atom. The Balaban J connectivity index is 2.29. The van der Waals surface area contributed by atoms with Gasteiger partial charge in [-0.05, 0) is 11.4 Å². The molecule has 2 aromatic heterocycles. The van der Waals surface area contributed by atoms with E-state index in [0.717, 1.165) is 0 Å². The van der Waals surface area contributed by atoms with E-state index in [2.05, 4.69) is 15.4 Å². The number of hydrazine groups is 1. The summed E-state index contributed by atoms with van der Waals surface area (Å²) in [5.74, 6) is 2.25. The second-order valence-electron chi connectivity index (χ2n) is 3.92. The number of thiophene rings is 1. The molecule has 102 valence electrons. The van der Waals surface area contributed by atoms with Crippen molar-refractivity contribution in [3.63, 3.8) is 0 Å². The van der Waals surface area contributed by atoms with Gasteiger partial charge >= 0.3 is 0 Å². The molecule has 3 rings (SSSR count). The number of fused-ring (bicyclic) bond motifs is 1. The Morgan fingerprint density at radius 3 is 2.45 bits per heavy atom. The fraction of sp³-hybridized carbons (Fsp3) is 0. The number of nitrogens with one attached hydrogen (secondary N) is 1. The maximum atomic E-state index is 13.8. The second kappa shape index (κ2) is 4.73. The quantitative estimate of drug-likeness (QED) is 0.563. The first kappa shape index (κ1) is 12.8. The molecule has 0 bridgehead atoms. The lowest BCUT2D eigenvalue weighted by Gasteiger charge is -2.07. The van der Waals surface area contributed by atoms with Crippen molar-refractivity contribution < 1.29 is 13.2 Å². The fourth-order valence-corrected chi connectivity index (χ4v) is 2.60. The third-order valence-corrected chi connectivity index (χ3v) is 3.50. The van der Waals surface area contributed by atoms with Crippen LogP contribution in [-0.2, 0) is 0 Å². The molecule has 0 atom stereocenters. The van der Waals surface area contributed by atoms with Crippen molar-refractivity contribution >= 4 is 27.4 Å². The number of nitrogen functional groups attached to an aromatic ring is 1. The summed E-state index contributed by atoms with van der Waals surface area (Å²) in [6, 6.07) is 2.89. The summed E-state index contributed by atoms with van der Waals surface area (Å²) >= 11 is 1.27. The predicted octanol–water partition coefficient (Wildman–Crippen LogP) is 3.06. The van der Waals surface area contributed by atoms with Gasteiger partial charge in [-0.25, -0.2) is 29.0 Å². The van der Waals surface area contributed by atoms with Gasteiger partial charge in [-0.15, -0.1) is 11.3 Å². The largest absolute Gasteiger partial charge is 0.308 e. The molecule has 3 aromatic rings. The average Bonchev–Trinajstić information content (AvgIpc) is 2.84. The van der Waals surface area contributed by atoms with E-state index < -0.39 is 23.0 Å². The van der Waals surface area contributed by atoms with Gasteiger partial charge in [0.05, 0.1) is 10.9 Å². The number of halogens is 3. The molecule has 0 saturated heterocycles. The first-order valence-electron chi connectivity index (χ1n) is 5.47. The van der Waals surface area contributed by atoms with Crippen LogP contribution in [0.5, 0.6) is 0 Å². The van der Waals surface area contributed by atoms with Crippen molar-refractivity contribution in [1.82, 2.24) is 9.97 Å². The summed E-state index contributed by atoms with van der Waals surface area (Å²) in [6.45, 7) is 0. The van der Waals surface area contributed by atoms with Crippen LogP contribution in [0.1, 0.15) is 0 Å². The first-order chi connectivity index (χ1) is 9.60. The van der Waals surface area contributed by atoms with Crippen LogP contribution >= 0.6 is 11.3 Å². The van der Waals surface area contributed by atoms with Gasteiger partial charge in [-0.2, -0.15) is 0 Å². The van der Waals surface area contributed by atoms with Crippen molar-refractivity contribution in [2.45, 2.75) is 0 Å². The van der Waals surface area contributed by atoms with E-state index >= 15 is 0 Å². The molecule has 4 nitrogen and oxygen atoms in total. The van der Waals surface area contributed by atoms with Crippen molar-refractivity contribution in [3.8, 4) is 11.4 Å². The molecule has 0 aliphatic rings. The van der Waals surface area contributed by atoms with Gasteiger partial charge in [0, 0.05) is 12.1 Å². The number of hydrogen-bond acceptors (Lipinski definition) is 5. The highest BCUT2D eigenvalue weighted by Gasteiger charge is 2.18. The van der Waals surface area contributed by atoms with Gasteiger partial charge in [-0.3, -0.25) is 0 Å². The SMILES string of the molecule is NNc1nc(-c2c(F)cc(F)cc2F)nc2sccc12. The summed E-state index contributed by atoms with van der Waals surface area (Å²) in [5.41, 5.74) is 1.87. The van der Waals surface area contributed by atoms with Crippen LogP contribution in [0.3, 0.4) is 0 Å². The maximum Gasteiger partial charge on any atom is 0.169 e. The molecule has 0 amide bonds. The molecule has 0 saturated carbocycles. The minimum Gasteiger partial charge on any atom is -0.308 e. The van der Waals surface area contributed by atoms with E-state index in [1.54, 1.807) is 11.4 Å². The summed E-state index contributed by atoms with van der Waals surface area (Å²) in [7, 11) is 0. The molecule has 20 heavy (non-hydrogen) atoms. The lowest BCUT2D eigenvalue weighted by Crippen LogP contribution is -2.10. The fourth-order valence-electron chi connectivity index (χ4n) is 1.83. The maximum absolute atomic E-state index is 13.8. The van der Waals surface area contributed by atoms with Gasteiger partial charge in [-0.1, -0.05) is 0 Å². The molecule has 0 aliphatic carbocycles. The van der Waals surface area contributed by atoms with Crippen LogP contribution < -0.4 is 11.3 Å². The minimum absolute atomic E-state index is 0.192. The highest BCUT2D eigenvalue weighted by Crippen LogP contribution is 2.30. The lowest BCUT2D eigenvalue weighted by atomic mass is 10.1. The number of benzene rings is 1. The zero-order chi connectivity index (χ0) is 14.3. The second-order valence-corrected chi connectivity index (χ2v) is 4.82. The zero-order valence-corrected chi connectivity index (χ0v) is 10.6. The topological polar surface area (TPSA) is 63.8 Å². The summed E-state index contributed by atoms with van der Waals surface area (Å²) in [6.07, 6.45) is 0. The van der Waals surface area contributed by atoms with Crippen molar-refractivity contribution in [2.24, 2.45) is 5.84 Å². The molecule has 0 fully saturated rings. The lowest BCUT2D eigenvalue weighted by molar-refractivity contribution is 0.547. The van der Waals surface area contributed by atoms with E-state index in [0.29, 0.717) is 22.3 Å². The van der Waals surface area contributed by atoms with E-state index in [4.69, 9.17) is 5.84 Å². The molecule has 0 aliphatic heterocycles. The Labute approximate surface area is 115 Å². The van der Waals surface area contributed by atoms with Crippen molar-refractivity contribution in [2.75, 3.05) is 5.43 Å². The molecule has 1 aromatic carbocycles. The number of aromatic nitrogens is 2. The minimum atomic E-state index is -1.07. The predicted molar refractivity (Wildman–Crippen MR) is 70.5 cm³/mol. The van der Waals surface area contributed by atoms with Gasteiger partial charge < -0.3 is 5.43 Å². The molecule has 0 radical (unpaired) electrons. The summed E-state index contributed by atoms with van der Waals surface area (Å²) in [4.78, 5) is 8.56. The van der Waals surface area contributed by atoms with Crippen molar-refractivity contribution in [1.29, 1.82) is 0 Å². The van der Waals surface area contributed by atoms with Crippen molar-refractivity contribution in [3.05, 3.63) is 41.0 Å². The molecule has 3 N–H and O–H groups in total.